The van der Waals surface area contributed by atoms with E-state index in [-0.39, 0.29) is 11.1 Å². The minimum Gasteiger partial charge on any atom is -0.394 e. The molecule has 0 spiro atoms. The second-order valence-electron chi connectivity index (χ2n) is 4.29. The van der Waals surface area contributed by atoms with E-state index in [0.717, 1.165) is 0 Å². The number of carbonyl (C=O) groups excluding carboxylic acids is 1. The summed E-state index contributed by atoms with van der Waals surface area (Å²) in [5, 5.41) is 6.75. The zero-order valence-electron chi connectivity index (χ0n) is 11.0. The zero-order valence-corrected chi connectivity index (χ0v) is 11.0. The number of anilines is 2. The highest BCUT2D eigenvalue weighted by molar-refractivity contribution is 6.05. The lowest BCUT2D eigenvalue weighted by molar-refractivity contribution is 0.102. The number of carbonyl (C=O) groups is 1. The van der Waals surface area contributed by atoms with Crippen LogP contribution in [0.25, 0.3) is 0 Å². The molecular weight excluding hydrogens is 246 g/mol. The van der Waals surface area contributed by atoms with Gasteiger partial charge in [0, 0.05) is 31.9 Å². The van der Waals surface area contributed by atoms with E-state index in [2.05, 4.69) is 10.4 Å². The second-order valence-corrected chi connectivity index (χ2v) is 4.29. The lowest BCUT2D eigenvalue weighted by Crippen LogP contribution is -2.21. The molecule has 3 N–H and O–H groups in total. The quantitative estimate of drug-likeness (QED) is 0.810. The van der Waals surface area contributed by atoms with Crippen molar-refractivity contribution in [3.63, 3.8) is 0 Å². The Labute approximate surface area is 109 Å². The SMILES string of the molecule is Cc1nn(C)c(NC(=O)c2ccn(C)c(=O)c2)c1N. The van der Waals surface area contributed by atoms with Gasteiger partial charge in [-0.15, -0.1) is 0 Å². The fourth-order valence-corrected chi connectivity index (χ4v) is 1.69. The number of nitrogens with zero attached hydrogens (tertiary/aromatic N) is 3. The lowest BCUT2D eigenvalue weighted by Gasteiger charge is -2.06. The summed E-state index contributed by atoms with van der Waals surface area (Å²) in [6, 6.07) is 2.84. The van der Waals surface area contributed by atoms with E-state index in [4.69, 9.17) is 5.73 Å². The summed E-state index contributed by atoms with van der Waals surface area (Å²) in [6.45, 7) is 1.75. The summed E-state index contributed by atoms with van der Waals surface area (Å²) in [4.78, 5) is 23.5. The molecule has 7 heteroatoms. The van der Waals surface area contributed by atoms with Crippen molar-refractivity contribution >= 4 is 17.4 Å². The third kappa shape index (κ3) is 2.35. The molecule has 100 valence electrons. The summed E-state index contributed by atoms with van der Waals surface area (Å²) in [6.07, 6.45) is 1.54. The number of aryl methyl sites for hydroxylation is 3. The number of nitrogens with two attached hydrogens (primary N) is 1. The number of hydrogen-bond donors (Lipinski definition) is 2. The Hall–Kier alpha value is -2.57. The number of hydrogen-bond acceptors (Lipinski definition) is 4. The Kier molecular flexibility index (Phi) is 3.12. The van der Waals surface area contributed by atoms with Crippen molar-refractivity contribution in [1.82, 2.24) is 14.3 Å². The first-order valence-electron chi connectivity index (χ1n) is 5.67. The number of nitrogens with one attached hydrogen (secondary N) is 1. The molecule has 0 aliphatic carbocycles. The van der Waals surface area contributed by atoms with Gasteiger partial charge in [-0.25, -0.2) is 0 Å². The molecule has 2 aromatic heterocycles. The molecule has 1 amide bonds. The molecule has 0 bridgehead atoms. The highest BCUT2D eigenvalue weighted by Crippen LogP contribution is 2.21. The van der Waals surface area contributed by atoms with Gasteiger partial charge in [-0.1, -0.05) is 0 Å². The van der Waals surface area contributed by atoms with Crippen LogP contribution >= 0.6 is 0 Å². The maximum absolute atomic E-state index is 12.0. The summed E-state index contributed by atoms with van der Waals surface area (Å²) >= 11 is 0. The molecule has 0 aliphatic rings. The Morgan fingerprint density at radius 3 is 2.63 bits per heavy atom. The maximum atomic E-state index is 12.0. The van der Waals surface area contributed by atoms with Crippen molar-refractivity contribution in [1.29, 1.82) is 0 Å². The van der Waals surface area contributed by atoms with Crippen LogP contribution in [0.5, 0.6) is 0 Å². The fourth-order valence-electron chi connectivity index (χ4n) is 1.69. The second kappa shape index (κ2) is 4.60. The first-order valence-corrected chi connectivity index (χ1v) is 5.67. The molecule has 0 saturated heterocycles. The Morgan fingerprint density at radius 1 is 1.42 bits per heavy atom. The Morgan fingerprint density at radius 2 is 2.11 bits per heavy atom. The topological polar surface area (TPSA) is 94.9 Å². The van der Waals surface area contributed by atoms with Crippen molar-refractivity contribution in [3.8, 4) is 0 Å². The third-order valence-corrected chi connectivity index (χ3v) is 2.87. The van der Waals surface area contributed by atoms with E-state index in [1.807, 2.05) is 0 Å². The monoisotopic (exact) mass is 261 g/mol. The van der Waals surface area contributed by atoms with Crippen LogP contribution in [0.2, 0.25) is 0 Å². The number of amides is 1. The molecule has 0 aliphatic heterocycles. The van der Waals surface area contributed by atoms with Gasteiger partial charge >= 0.3 is 0 Å². The normalized spacial score (nSPS) is 10.5. The van der Waals surface area contributed by atoms with E-state index in [0.29, 0.717) is 17.2 Å². The number of pyridine rings is 1. The fraction of sp³-hybridized carbons (Fsp3) is 0.250. The van der Waals surface area contributed by atoms with Crippen LogP contribution in [0, 0.1) is 6.92 Å². The van der Waals surface area contributed by atoms with Crippen LogP contribution in [-0.2, 0) is 14.1 Å². The molecule has 2 aromatic rings. The molecule has 2 heterocycles. The van der Waals surface area contributed by atoms with Crippen molar-refractivity contribution in [2.75, 3.05) is 11.1 Å². The molecular formula is C12H15N5O2. The van der Waals surface area contributed by atoms with Crippen LogP contribution < -0.4 is 16.6 Å². The summed E-state index contributed by atoms with van der Waals surface area (Å²) in [5.41, 5.74) is 6.91. The predicted octanol–water partition coefficient (Wildman–Crippen LogP) is 0.262. The smallest absolute Gasteiger partial charge is 0.257 e. The number of aromatic nitrogens is 3. The van der Waals surface area contributed by atoms with Gasteiger partial charge < -0.3 is 15.6 Å². The van der Waals surface area contributed by atoms with E-state index in [1.165, 1.54) is 21.5 Å². The summed E-state index contributed by atoms with van der Waals surface area (Å²) in [5.74, 6) is 0.0237. The highest BCUT2D eigenvalue weighted by Gasteiger charge is 2.14. The molecule has 0 saturated carbocycles. The minimum atomic E-state index is -0.396. The van der Waals surface area contributed by atoms with Gasteiger partial charge in [0.2, 0.25) is 0 Å². The van der Waals surface area contributed by atoms with Gasteiger partial charge in [-0.05, 0) is 13.0 Å². The van der Waals surface area contributed by atoms with Gasteiger partial charge in [0.15, 0.2) is 5.82 Å². The van der Waals surface area contributed by atoms with Crippen molar-refractivity contribution in [2.45, 2.75) is 6.92 Å². The van der Waals surface area contributed by atoms with Gasteiger partial charge in [0.25, 0.3) is 11.5 Å². The van der Waals surface area contributed by atoms with E-state index in [1.54, 1.807) is 27.1 Å². The first kappa shape index (κ1) is 12.9. The zero-order chi connectivity index (χ0) is 14.2. The molecule has 0 unspecified atom stereocenters. The molecule has 2 rings (SSSR count). The van der Waals surface area contributed by atoms with Gasteiger partial charge in [0.05, 0.1) is 11.4 Å². The molecule has 19 heavy (non-hydrogen) atoms. The number of nitrogen functional groups attached to an aromatic ring is 1. The van der Waals surface area contributed by atoms with Gasteiger partial charge in [0.1, 0.15) is 0 Å². The Balaban J connectivity index is 2.30. The van der Waals surface area contributed by atoms with Gasteiger partial charge in [-0.2, -0.15) is 5.10 Å². The van der Waals surface area contributed by atoms with Crippen LogP contribution in [0.3, 0.4) is 0 Å². The predicted molar refractivity (Wildman–Crippen MR) is 72.0 cm³/mol. The first-order chi connectivity index (χ1) is 8.90. The van der Waals surface area contributed by atoms with Crippen LogP contribution in [-0.4, -0.2) is 20.3 Å². The molecule has 7 nitrogen and oxygen atoms in total. The summed E-state index contributed by atoms with van der Waals surface area (Å²) < 4.78 is 2.88. The molecule has 0 atom stereocenters. The van der Waals surface area contributed by atoms with E-state index in [9.17, 15) is 9.59 Å². The van der Waals surface area contributed by atoms with Crippen LogP contribution in [0.1, 0.15) is 16.1 Å². The van der Waals surface area contributed by atoms with Crippen molar-refractivity contribution < 1.29 is 4.79 Å². The average molecular weight is 261 g/mol. The van der Waals surface area contributed by atoms with E-state index < -0.39 is 5.91 Å². The van der Waals surface area contributed by atoms with E-state index >= 15 is 0 Å². The molecule has 0 radical (unpaired) electrons. The lowest BCUT2D eigenvalue weighted by atomic mass is 10.2. The van der Waals surface area contributed by atoms with Crippen molar-refractivity contribution in [2.24, 2.45) is 14.1 Å². The Bertz CT molecular complexity index is 699. The maximum Gasteiger partial charge on any atom is 0.257 e. The summed E-state index contributed by atoms with van der Waals surface area (Å²) in [7, 11) is 3.30. The van der Waals surface area contributed by atoms with Crippen LogP contribution in [0.4, 0.5) is 11.5 Å². The largest absolute Gasteiger partial charge is 0.394 e. The van der Waals surface area contributed by atoms with Gasteiger partial charge in [-0.3, -0.25) is 14.3 Å². The third-order valence-electron chi connectivity index (χ3n) is 2.87. The standard InChI is InChI=1S/C12H15N5O2/c1-7-10(13)11(17(3)15-7)14-12(19)8-4-5-16(2)9(18)6-8/h4-6H,13H2,1-3H3,(H,14,19). The highest BCUT2D eigenvalue weighted by atomic mass is 16.2. The van der Waals surface area contributed by atoms with Crippen LogP contribution in [0.15, 0.2) is 23.1 Å². The number of rotatable bonds is 2. The average Bonchev–Trinajstić information content (AvgIpc) is 2.59. The minimum absolute atomic E-state index is 0.248. The van der Waals surface area contributed by atoms with Crippen molar-refractivity contribution in [3.05, 3.63) is 39.9 Å². The molecule has 0 fully saturated rings. The molecule has 0 aromatic carbocycles.